The summed E-state index contributed by atoms with van der Waals surface area (Å²) < 4.78 is 11.8. The number of Topliss-reactive ketones (excluding diaryl/α,β-unsaturated/α-hetero) is 1. The molecule has 1 aromatic heterocycles. The van der Waals surface area contributed by atoms with Gasteiger partial charge in [0.2, 0.25) is 0 Å². The van der Waals surface area contributed by atoms with Crippen LogP contribution in [0.3, 0.4) is 0 Å². The normalized spacial score (nSPS) is 37.4. The third-order valence-corrected chi connectivity index (χ3v) is 7.82. The Kier molecular flexibility index (Phi) is 8.48. The van der Waals surface area contributed by atoms with Gasteiger partial charge in [-0.2, -0.15) is 0 Å². The minimum Gasteiger partial charge on any atom is -0.458 e. The molecule has 2 aliphatic heterocycles. The molecule has 7 atom stereocenters. The van der Waals surface area contributed by atoms with Crippen molar-refractivity contribution in [2.24, 2.45) is 11.8 Å². The Labute approximate surface area is 200 Å². The molecular formula is C25H37NO6S. The SMILES string of the molecule is C/C(=C\c1csc(C)n1)[C@@H]1C[C@@H]2O[C@]2(C)CCC[C@H](C)[C@H](O)[C@@H](C)C(=O)C[C@@H](O)CC(=O)O1. The van der Waals surface area contributed by atoms with E-state index in [2.05, 4.69) is 11.9 Å². The van der Waals surface area contributed by atoms with E-state index in [1.54, 1.807) is 18.3 Å². The third kappa shape index (κ3) is 6.94. The fourth-order valence-corrected chi connectivity index (χ4v) is 5.19. The van der Waals surface area contributed by atoms with E-state index in [4.69, 9.17) is 9.47 Å². The van der Waals surface area contributed by atoms with E-state index in [9.17, 15) is 19.8 Å². The lowest BCUT2D eigenvalue weighted by molar-refractivity contribution is -0.150. The second-order valence-electron chi connectivity index (χ2n) is 9.99. The van der Waals surface area contributed by atoms with E-state index in [1.807, 2.05) is 32.2 Å². The standard InChI is InChI=1S/C25H37NO6S/c1-14-7-6-8-25(5)22(32-25)12-21(15(2)9-18-13-33-17(4)26-18)31-23(29)11-19(27)10-20(28)16(3)24(14)30/h9,13-14,16,19,21-22,24,27,30H,6-8,10-12H2,1-5H3/b15-9+/t14-,16-,19+,21-,22-,24-,25+/m0/s1. The summed E-state index contributed by atoms with van der Waals surface area (Å²) in [5.41, 5.74) is 1.40. The number of hydrogen-bond acceptors (Lipinski definition) is 8. The molecule has 0 aliphatic carbocycles. The van der Waals surface area contributed by atoms with Crippen LogP contribution in [-0.2, 0) is 19.1 Å². The van der Waals surface area contributed by atoms with Crippen molar-refractivity contribution in [2.45, 2.75) is 103 Å². The number of aliphatic hydroxyl groups excluding tert-OH is 2. The number of ether oxygens (including phenoxy) is 2. The van der Waals surface area contributed by atoms with Gasteiger partial charge < -0.3 is 19.7 Å². The van der Waals surface area contributed by atoms with Gasteiger partial charge in [-0.15, -0.1) is 11.3 Å². The molecule has 7 nitrogen and oxygen atoms in total. The number of ketones is 1. The zero-order valence-corrected chi connectivity index (χ0v) is 21.1. The van der Waals surface area contributed by atoms with Gasteiger partial charge in [-0.1, -0.05) is 20.3 Å². The first kappa shape index (κ1) is 26.0. The molecule has 0 saturated carbocycles. The summed E-state index contributed by atoms with van der Waals surface area (Å²) in [6.07, 6.45) is 2.03. The molecule has 0 unspecified atom stereocenters. The molecule has 2 N–H and O–H groups in total. The van der Waals surface area contributed by atoms with Crippen LogP contribution in [0.15, 0.2) is 11.0 Å². The van der Waals surface area contributed by atoms with E-state index in [1.165, 1.54) is 0 Å². The summed E-state index contributed by atoms with van der Waals surface area (Å²) in [5, 5.41) is 23.9. The number of rotatable bonds is 2. The molecule has 0 bridgehead atoms. The number of epoxide rings is 1. The number of esters is 1. The quantitative estimate of drug-likeness (QED) is 0.490. The van der Waals surface area contributed by atoms with E-state index < -0.39 is 30.2 Å². The molecule has 2 fully saturated rings. The molecule has 0 spiro atoms. The molecule has 8 heteroatoms. The van der Waals surface area contributed by atoms with Crippen LogP contribution in [0.4, 0.5) is 0 Å². The predicted octanol–water partition coefficient (Wildman–Crippen LogP) is 3.84. The van der Waals surface area contributed by atoms with Gasteiger partial charge in [0.05, 0.1) is 41.0 Å². The van der Waals surface area contributed by atoms with E-state index in [0.29, 0.717) is 6.42 Å². The van der Waals surface area contributed by atoms with Crippen LogP contribution in [0.5, 0.6) is 0 Å². The third-order valence-electron chi connectivity index (χ3n) is 7.03. The largest absolute Gasteiger partial charge is 0.458 e. The van der Waals surface area contributed by atoms with Crippen LogP contribution < -0.4 is 0 Å². The van der Waals surface area contributed by atoms with Crippen molar-refractivity contribution in [3.63, 3.8) is 0 Å². The van der Waals surface area contributed by atoms with Crippen molar-refractivity contribution in [1.82, 2.24) is 4.98 Å². The number of carbonyl (C=O) groups is 2. The van der Waals surface area contributed by atoms with Crippen LogP contribution >= 0.6 is 11.3 Å². The first-order chi connectivity index (χ1) is 15.5. The van der Waals surface area contributed by atoms with Crippen LogP contribution in [0.1, 0.15) is 76.9 Å². The number of aryl methyl sites for hydroxylation is 1. The minimum atomic E-state index is -1.14. The molecule has 184 valence electrons. The monoisotopic (exact) mass is 479 g/mol. The number of cyclic esters (lactones) is 1. The minimum absolute atomic E-state index is 0.0330. The number of hydrogen-bond donors (Lipinski definition) is 2. The van der Waals surface area contributed by atoms with Gasteiger partial charge in [-0.05, 0) is 51.2 Å². The van der Waals surface area contributed by atoms with E-state index in [-0.39, 0.29) is 36.2 Å². The molecule has 3 heterocycles. The van der Waals surface area contributed by atoms with Gasteiger partial charge in [0.25, 0.3) is 0 Å². The average molecular weight is 480 g/mol. The van der Waals surface area contributed by atoms with Crippen LogP contribution in [-0.4, -0.2) is 57.0 Å². The van der Waals surface area contributed by atoms with Crippen LogP contribution in [0.25, 0.3) is 6.08 Å². The Hall–Kier alpha value is -1.61. The molecule has 3 rings (SSSR count). The second-order valence-corrected chi connectivity index (χ2v) is 11.1. The lowest BCUT2D eigenvalue weighted by Gasteiger charge is -2.25. The van der Waals surface area contributed by atoms with Gasteiger partial charge in [-0.25, -0.2) is 4.98 Å². The molecule has 2 saturated heterocycles. The highest BCUT2D eigenvalue weighted by Crippen LogP contribution is 2.44. The maximum Gasteiger partial charge on any atom is 0.309 e. The van der Waals surface area contributed by atoms with Gasteiger partial charge in [0.1, 0.15) is 11.9 Å². The highest BCUT2D eigenvalue weighted by Gasteiger charge is 2.52. The number of aromatic nitrogens is 1. The van der Waals surface area contributed by atoms with Crippen LogP contribution in [0, 0.1) is 18.8 Å². The molecule has 0 aromatic carbocycles. The Bertz CT molecular complexity index is 882. The fourth-order valence-electron chi connectivity index (χ4n) is 4.62. The summed E-state index contributed by atoms with van der Waals surface area (Å²) in [4.78, 5) is 29.7. The summed E-state index contributed by atoms with van der Waals surface area (Å²) in [6.45, 7) is 9.55. The Morgan fingerprint density at radius 3 is 2.67 bits per heavy atom. The van der Waals surface area contributed by atoms with Crippen molar-refractivity contribution < 1.29 is 29.3 Å². The number of fused-ring (bicyclic) bond motifs is 1. The molecular weight excluding hydrogens is 442 g/mol. The van der Waals surface area contributed by atoms with Crippen LogP contribution in [0.2, 0.25) is 0 Å². The van der Waals surface area contributed by atoms with Crippen molar-refractivity contribution >= 4 is 29.2 Å². The number of thiazole rings is 1. The van der Waals surface area contributed by atoms with E-state index >= 15 is 0 Å². The molecule has 0 amide bonds. The molecule has 2 aliphatic rings. The first-order valence-corrected chi connectivity index (χ1v) is 12.7. The van der Waals surface area contributed by atoms with E-state index in [0.717, 1.165) is 35.5 Å². The lowest BCUT2D eigenvalue weighted by atomic mass is 9.84. The predicted molar refractivity (Wildman–Crippen MR) is 127 cm³/mol. The number of carbonyl (C=O) groups excluding carboxylic acids is 2. The number of nitrogens with zero attached hydrogens (tertiary/aromatic N) is 1. The zero-order valence-electron chi connectivity index (χ0n) is 20.2. The number of aliphatic hydroxyl groups is 2. The summed E-state index contributed by atoms with van der Waals surface area (Å²) in [6, 6.07) is 0. The van der Waals surface area contributed by atoms with Gasteiger partial charge in [0, 0.05) is 24.1 Å². The summed E-state index contributed by atoms with van der Waals surface area (Å²) in [5.74, 6) is -1.44. The second kappa shape index (κ2) is 10.8. The smallest absolute Gasteiger partial charge is 0.309 e. The average Bonchev–Trinajstić information content (AvgIpc) is 3.17. The van der Waals surface area contributed by atoms with Crippen molar-refractivity contribution in [2.75, 3.05) is 0 Å². The van der Waals surface area contributed by atoms with Crippen molar-refractivity contribution in [1.29, 1.82) is 0 Å². The Morgan fingerprint density at radius 1 is 1.27 bits per heavy atom. The molecule has 1 aromatic rings. The topological polar surface area (TPSA) is 109 Å². The molecule has 0 radical (unpaired) electrons. The van der Waals surface area contributed by atoms with Gasteiger partial charge >= 0.3 is 5.97 Å². The Balaban J connectivity index is 1.78. The summed E-state index contributed by atoms with van der Waals surface area (Å²) >= 11 is 1.56. The Morgan fingerprint density at radius 2 is 2.00 bits per heavy atom. The van der Waals surface area contributed by atoms with Gasteiger partial charge in [0.15, 0.2) is 0 Å². The zero-order chi connectivity index (χ0) is 24.3. The fraction of sp³-hybridized carbons (Fsp3) is 0.720. The van der Waals surface area contributed by atoms with Gasteiger partial charge in [-0.3, -0.25) is 9.59 Å². The van der Waals surface area contributed by atoms with Crippen molar-refractivity contribution in [3.8, 4) is 0 Å². The highest BCUT2D eigenvalue weighted by atomic mass is 32.1. The molecule has 33 heavy (non-hydrogen) atoms. The summed E-state index contributed by atoms with van der Waals surface area (Å²) in [7, 11) is 0. The first-order valence-electron chi connectivity index (χ1n) is 11.8. The lowest BCUT2D eigenvalue weighted by Crippen LogP contribution is -2.34. The highest BCUT2D eigenvalue weighted by molar-refractivity contribution is 7.09. The maximum atomic E-state index is 12.6. The van der Waals surface area contributed by atoms with Crippen molar-refractivity contribution in [3.05, 3.63) is 21.7 Å². The maximum absolute atomic E-state index is 12.6.